The molecule has 0 spiro atoms. The molecule has 1 fully saturated rings. The van der Waals surface area contributed by atoms with Crippen molar-refractivity contribution in [3.63, 3.8) is 0 Å². The van der Waals surface area contributed by atoms with Crippen LogP contribution in [-0.4, -0.2) is 30.6 Å². The molecule has 5 heteroatoms. The summed E-state index contributed by atoms with van der Waals surface area (Å²) in [5.74, 6) is 0. The fourth-order valence-electron chi connectivity index (χ4n) is 1.00. The topological polar surface area (TPSA) is 21.3 Å². The molecule has 0 aromatic rings. The zero-order valence-electron chi connectivity index (χ0n) is 5.95. The first-order chi connectivity index (χ1) is 5.14. The van der Waals surface area contributed by atoms with Crippen LogP contribution in [0.5, 0.6) is 0 Å². The lowest BCUT2D eigenvalue weighted by Crippen LogP contribution is -2.30. The molecular weight excluding hydrogens is 220 g/mol. The number of hydrogen-bond acceptors (Lipinski definition) is 2. The zero-order valence-corrected chi connectivity index (χ0v) is 7.53. The second-order valence-corrected chi connectivity index (χ2v) is 3.06. The summed E-state index contributed by atoms with van der Waals surface area (Å²) in [5.41, 5.74) is 0. The molecule has 1 rings (SSSR count). The summed E-state index contributed by atoms with van der Waals surface area (Å²) in [4.78, 5) is 0. The van der Waals surface area contributed by atoms with E-state index in [-0.39, 0.29) is 6.10 Å². The van der Waals surface area contributed by atoms with Crippen LogP contribution in [0.3, 0.4) is 0 Å². The van der Waals surface area contributed by atoms with Crippen LogP contribution in [0.2, 0.25) is 0 Å². The molecule has 11 heavy (non-hydrogen) atoms. The maximum atomic E-state index is 12.5. The second kappa shape index (κ2) is 3.78. The molecule has 0 aromatic carbocycles. The maximum Gasteiger partial charge on any atom is 0.365 e. The lowest BCUT2D eigenvalue weighted by Gasteiger charge is -2.18. The van der Waals surface area contributed by atoms with Crippen molar-refractivity contribution in [2.24, 2.45) is 0 Å². The van der Waals surface area contributed by atoms with E-state index in [0.717, 1.165) is 6.54 Å². The number of nitrogens with one attached hydrogen (secondary N) is 1. The quantitative estimate of drug-likeness (QED) is 0.739. The Morgan fingerprint density at radius 3 is 2.82 bits per heavy atom. The SMILES string of the molecule is FC(F)(CBr)OC1CCNC1. The van der Waals surface area contributed by atoms with E-state index in [2.05, 4.69) is 26.0 Å². The van der Waals surface area contributed by atoms with Gasteiger partial charge in [-0.05, 0) is 13.0 Å². The van der Waals surface area contributed by atoms with Crippen molar-refractivity contribution in [1.29, 1.82) is 0 Å². The Labute approximate surface area is 72.4 Å². The van der Waals surface area contributed by atoms with E-state index in [1.165, 1.54) is 0 Å². The average Bonchev–Trinajstić information content (AvgIpc) is 2.39. The molecule has 0 amide bonds. The highest BCUT2D eigenvalue weighted by Crippen LogP contribution is 2.22. The van der Waals surface area contributed by atoms with Gasteiger partial charge >= 0.3 is 6.11 Å². The van der Waals surface area contributed by atoms with Crippen LogP contribution in [0.15, 0.2) is 0 Å². The van der Waals surface area contributed by atoms with Gasteiger partial charge in [-0.2, -0.15) is 8.78 Å². The monoisotopic (exact) mass is 229 g/mol. The number of hydrogen-bond donors (Lipinski definition) is 1. The first kappa shape index (κ1) is 9.35. The minimum absolute atomic E-state index is 0.331. The van der Waals surface area contributed by atoms with E-state index in [1.54, 1.807) is 0 Å². The summed E-state index contributed by atoms with van der Waals surface area (Å²) in [5, 5.41) is 2.51. The smallest absolute Gasteiger partial charge is 0.315 e. The van der Waals surface area contributed by atoms with Gasteiger partial charge in [0, 0.05) is 6.54 Å². The van der Waals surface area contributed by atoms with Gasteiger partial charge < -0.3 is 10.1 Å². The van der Waals surface area contributed by atoms with Gasteiger partial charge in [0.15, 0.2) is 0 Å². The fraction of sp³-hybridized carbons (Fsp3) is 1.00. The minimum atomic E-state index is -3.02. The Bertz CT molecular complexity index is 128. The molecular formula is C6H10BrF2NO. The van der Waals surface area contributed by atoms with E-state index >= 15 is 0 Å². The number of alkyl halides is 3. The van der Waals surface area contributed by atoms with Crippen LogP contribution in [0, 0.1) is 0 Å². The van der Waals surface area contributed by atoms with Crippen molar-refractivity contribution in [2.75, 3.05) is 18.4 Å². The van der Waals surface area contributed by atoms with Gasteiger partial charge in [-0.1, -0.05) is 15.9 Å². The van der Waals surface area contributed by atoms with Crippen molar-refractivity contribution in [1.82, 2.24) is 5.32 Å². The Kier molecular flexibility index (Phi) is 3.21. The molecule has 1 aliphatic rings. The van der Waals surface area contributed by atoms with Gasteiger partial charge in [0.25, 0.3) is 0 Å². The highest BCUT2D eigenvalue weighted by Gasteiger charge is 2.33. The Morgan fingerprint density at radius 1 is 1.64 bits per heavy atom. The van der Waals surface area contributed by atoms with Crippen LogP contribution in [0.25, 0.3) is 0 Å². The van der Waals surface area contributed by atoms with Gasteiger partial charge in [0.05, 0.1) is 11.4 Å². The van der Waals surface area contributed by atoms with Crippen LogP contribution in [0.4, 0.5) is 8.78 Å². The zero-order chi connectivity index (χ0) is 8.32. The minimum Gasteiger partial charge on any atom is -0.315 e. The molecule has 1 heterocycles. The summed E-state index contributed by atoms with van der Waals surface area (Å²) < 4.78 is 29.5. The number of rotatable bonds is 3. The number of halogens is 3. The molecule has 1 unspecified atom stereocenters. The van der Waals surface area contributed by atoms with Gasteiger partial charge in [0.2, 0.25) is 0 Å². The standard InChI is InChI=1S/C6H10BrF2NO/c7-4-6(8,9)11-5-1-2-10-3-5/h5,10H,1-4H2. The lowest BCUT2D eigenvalue weighted by atomic mass is 10.3. The molecule has 66 valence electrons. The Balaban J connectivity index is 2.28. The first-order valence-corrected chi connectivity index (χ1v) is 4.58. The second-order valence-electron chi connectivity index (χ2n) is 2.50. The molecule has 0 aromatic heterocycles. The third-order valence-electron chi connectivity index (χ3n) is 1.51. The van der Waals surface area contributed by atoms with E-state index < -0.39 is 11.4 Å². The fourth-order valence-corrected chi connectivity index (χ4v) is 1.14. The van der Waals surface area contributed by atoms with Crippen molar-refractivity contribution in [3.8, 4) is 0 Å². The predicted octanol–water partition coefficient (Wildman–Crippen LogP) is 1.35. The first-order valence-electron chi connectivity index (χ1n) is 3.46. The van der Waals surface area contributed by atoms with Gasteiger partial charge in [0.1, 0.15) is 0 Å². The molecule has 0 saturated carbocycles. The molecule has 1 atom stereocenters. The third-order valence-corrected chi connectivity index (χ3v) is 2.16. The molecule has 0 bridgehead atoms. The molecule has 1 aliphatic heterocycles. The van der Waals surface area contributed by atoms with E-state index in [9.17, 15) is 8.78 Å². The molecule has 2 nitrogen and oxygen atoms in total. The van der Waals surface area contributed by atoms with E-state index in [4.69, 9.17) is 0 Å². The van der Waals surface area contributed by atoms with Crippen molar-refractivity contribution >= 4 is 15.9 Å². The van der Waals surface area contributed by atoms with Crippen LogP contribution >= 0.6 is 15.9 Å². The molecule has 0 aliphatic carbocycles. The highest BCUT2D eigenvalue weighted by atomic mass is 79.9. The van der Waals surface area contributed by atoms with E-state index in [0.29, 0.717) is 13.0 Å². The molecule has 1 saturated heterocycles. The van der Waals surface area contributed by atoms with E-state index in [1.807, 2.05) is 0 Å². The largest absolute Gasteiger partial charge is 0.365 e. The summed E-state index contributed by atoms with van der Waals surface area (Å²) in [6.45, 7) is 1.30. The van der Waals surface area contributed by atoms with Crippen molar-refractivity contribution < 1.29 is 13.5 Å². The normalized spacial score (nSPS) is 25.9. The molecule has 1 N–H and O–H groups in total. The highest BCUT2D eigenvalue weighted by molar-refractivity contribution is 9.09. The van der Waals surface area contributed by atoms with Crippen molar-refractivity contribution in [2.45, 2.75) is 18.6 Å². The molecule has 0 radical (unpaired) electrons. The van der Waals surface area contributed by atoms with Gasteiger partial charge in [-0.25, -0.2) is 0 Å². The number of ether oxygens (including phenoxy) is 1. The average molecular weight is 230 g/mol. The third kappa shape index (κ3) is 3.01. The van der Waals surface area contributed by atoms with Crippen LogP contribution in [0.1, 0.15) is 6.42 Å². The summed E-state index contributed by atoms with van der Waals surface area (Å²) in [6, 6.07) is 0. The van der Waals surface area contributed by atoms with Gasteiger partial charge in [-0.15, -0.1) is 0 Å². The Morgan fingerprint density at radius 2 is 2.36 bits per heavy atom. The van der Waals surface area contributed by atoms with Crippen LogP contribution < -0.4 is 5.32 Å². The lowest BCUT2D eigenvalue weighted by molar-refractivity contribution is -0.240. The summed E-state index contributed by atoms with van der Waals surface area (Å²) >= 11 is 2.68. The maximum absolute atomic E-state index is 12.5. The Hall–Kier alpha value is 0.260. The predicted molar refractivity (Wildman–Crippen MR) is 41.1 cm³/mol. The van der Waals surface area contributed by atoms with Crippen LogP contribution in [-0.2, 0) is 4.74 Å². The van der Waals surface area contributed by atoms with Gasteiger partial charge in [-0.3, -0.25) is 0 Å². The van der Waals surface area contributed by atoms with Crippen molar-refractivity contribution in [3.05, 3.63) is 0 Å². The summed E-state index contributed by atoms with van der Waals surface area (Å²) in [7, 11) is 0. The summed E-state index contributed by atoms with van der Waals surface area (Å²) in [6.07, 6.45) is -2.68.